The van der Waals surface area contributed by atoms with Gasteiger partial charge in [0.05, 0.1) is 11.9 Å². The highest BCUT2D eigenvalue weighted by molar-refractivity contribution is 7.92. The Morgan fingerprint density at radius 1 is 1.19 bits per heavy atom. The molecule has 1 aromatic rings. The number of para-hydroxylation sites is 1. The fourth-order valence-electron chi connectivity index (χ4n) is 3.54. The van der Waals surface area contributed by atoms with E-state index in [9.17, 15) is 13.2 Å². The van der Waals surface area contributed by atoms with Crippen LogP contribution in [0, 0.1) is 11.3 Å². The second-order valence-electron chi connectivity index (χ2n) is 8.36. The standard InChI is InChI=1S/C20H31N3O3S/c1-15(23(27(5,25)26)18-9-7-6-8-10-18)19(24)22-21-17-13-11-16(12-14-17)20(2,3)4/h6-10,15-16H,11-14H2,1-5H3,(H,22,24)/t15-,16?/m1/s1. The Bertz CT molecular complexity index is 772. The number of amides is 1. The van der Waals surface area contributed by atoms with Gasteiger partial charge in [0, 0.05) is 5.71 Å². The van der Waals surface area contributed by atoms with Crippen molar-refractivity contribution in [2.45, 2.75) is 59.4 Å². The van der Waals surface area contributed by atoms with Crippen molar-refractivity contribution in [2.24, 2.45) is 16.4 Å². The van der Waals surface area contributed by atoms with Gasteiger partial charge < -0.3 is 0 Å². The van der Waals surface area contributed by atoms with Crippen molar-refractivity contribution in [1.29, 1.82) is 0 Å². The van der Waals surface area contributed by atoms with Crippen LogP contribution in [0.4, 0.5) is 5.69 Å². The van der Waals surface area contributed by atoms with Crippen molar-refractivity contribution >= 4 is 27.3 Å². The van der Waals surface area contributed by atoms with E-state index in [1.54, 1.807) is 37.3 Å². The zero-order chi connectivity index (χ0) is 20.2. The Balaban J connectivity index is 2.04. The highest BCUT2D eigenvalue weighted by Gasteiger charge is 2.30. The molecule has 0 aliphatic heterocycles. The molecule has 1 aliphatic rings. The van der Waals surface area contributed by atoms with Gasteiger partial charge in [-0.2, -0.15) is 5.10 Å². The summed E-state index contributed by atoms with van der Waals surface area (Å²) in [5, 5.41) is 4.27. The maximum Gasteiger partial charge on any atom is 0.263 e. The van der Waals surface area contributed by atoms with E-state index in [4.69, 9.17) is 0 Å². The molecule has 0 spiro atoms. The molecule has 1 fully saturated rings. The normalized spacial score (nSPS) is 19.3. The molecular formula is C20H31N3O3S. The van der Waals surface area contributed by atoms with Gasteiger partial charge in [-0.25, -0.2) is 13.8 Å². The first-order chi connectivity index (χ1) is 12.5. The van der Waals surface area contributed by atoms with Gasteiger partial charge in [0.1, 0.15) is 6.04 Å². The Morgan fingerprint density at radius 2 is 1.74 bits per heavy atom. The first-order valence-electron chi connectivity index (χ1n) is 9.40. The second kappa shape index (κ2) is 8.42. The molecule has 2 rings (SSSR count). The third-order valence-electron chi connectivity index (χ3n) is 5.21. The van der Waals surface area contributed by atoms with Crippen molar-refractivity contribution < 1.29 is 13.2 Å². The molecule has 6 nitrogen and oxygen atoms in total. The molecule has 0 saturated heterocycles. The lowest BCUT2D eigenvalue weighted by molar-refractivity contribution is -0.121. The zero-order valence-electron chi connectivity index (χ0n) is 16.9. The summed E-state index contributed by atoms with van der Waals surface area (Å²) in [4.78, 5) is 12.5. The second-order valence-corrected chi connectivity index (χ2v) is 10.2. The van der Waals surface area contributed by atoms with E-state index in [1.807, 2.05) is 0 Å². The first kappa shape index (κ1) is 21.4. The van der Waals surface area contributed by atoms with Crippen molar-refractivity contribution in [1.82, 2.24) is 5.43 Å². The summed E-state index contributed by atoms with van der Waals surface area (Å²) in [6, 6.07) is 7.74. The molecule has 150 valence electrons. The first-order valence-corrected chi connectivity index (χ1v) is 11.2. The zero-order valence-corrected chi connectivity index (χ0v) is 17.7. The summed E-state index contributed by atoms with van der Waals surface area (Å²) in [5.41, 5.74) is 4.29. The van der Waals surface area contributed by atoms with Gasteiger partial charge >= 0.3 is 0 Å². The molecule has 0 heterocycles. The maximum absolute atomic E-state index is 12.5. The van der Waals surface area contributed by atoms with Gasteiger partial charge in [-0.15, -0.1) is 0 Å². The molecule has 1 amide bonds. The lowest BCUT2D eigenvalue weighted by atomic mass is 9.72. The van der Waals surface area contributed by atoms with Crippen LogP contribution in [0.5, 0.6) is 0 Å². The molecule has 0 bridgehead atoms. The molecular weight excluding hydrogens is 362 g/mol. The van der Waals surface area contributed by atoms with E-state index in [-0.39, 0.29) is 5.41 Å². The van der Waals surface area contributed by atoms with Crippen LogP contribution in [0.3, 0.4) is 0 Å². The summed E-state index contributed by atoms with van der Waals surface area (Å²) in [6.45, 7) is 8.34. The molecule has 7 heteroatoms. The van der Waals surface area contributed by atoms with E-state index in [1.165, 1.54) is 0 Å². The van der Waals surface area contributed by atoms with Crippen LogP contribution in [-0.4, -0.2) is 32.3 Å². The number of rotatable bonds is 5. The molecule has 0 radical (unpaired) electrons. The molecule has 1 atom stereocenters. The van der Waals surface area contributed by atoms with Crippen LogP contribution >= 0.6 is 0 Å². The Morgan fingerprint density at radius 3 is 2.22 bits per heavy atom. The number of nitrogens with zero attached hydrogens (tertiary/aromatic N) is 2. The Hall–Kier alpha value is -1.89. The van der Waals surface area contributed by atoms with E-state index < -0.39 is 22.0 Å². The van der Waals surface area contributed by atoms with Gasteiger partial charge in [0.25, 0.3) is 5.91 Å². The highest BCUT2D eigenvalue weighted by atomic mass is 32.2. The number of sulfonamides is 1. The van der Waals surface area contributed by atoms with Crippen molar-refractivity contribution in [3.8, 4) is 0 Å². The average Bonchev–Trinajstić information content (AvgIpc) is 2.59. The van der Waals surface area contributed by atoms with Gasteiger partial charge in [-0.05, 0) is 56.1 Å². The highest BCUT2D eigenvalue weighted by Crippen LogP contribution is 2.36. The summed E-state index contributed by atoms with van der Waals surface area (Å²) in [5.74, 6) is 0.222. The number of anilines is 1. The van der Waals surface area contributed by atoms with E-state index >= 15 is 0 Å². The lowest BCUT2D eigenvalue weighted by Gasteiger charge is -2.34. The smallest absolute Gasteiger partial charge is 0.263 e. The van der Waals surface area contributed by atoms with Gasteiger partial charge in [-0.3, -0.25) is 9.10 Å². The summed E-state index contributed by atoms with van der Waals surface area (Å²) < 4.78 is 25.6. The van der Waals surface area contributed by atoms with Crippen LogP contribution in [0.15, 0.2) is 35.4 Å². The van der Waals surface area contributed by atoms with E-state index in [2.05, 4.69) is 31.3 Å². The largest absolute Gasteiger partial charge is 0.271 e. The summed E-state index contributed by atoms with van der Waals surface area (Å²) in [6.07, 6.45) is 4.96. The molecule has 1 aromatic carbocycles. The van der Waals surface area contributed by atoms with Crippen LogP contribution in [0.25, 0.3) is 0 Å². The third-order valence-corrected chi connectivity index (χ3v) is 6.45. The topological polar surface area (TPSA) is 78.8 Å². The fourth-order valence-corrected chi connectivity index (χ4v) is 4.71. The molecule has 1 aliphatic carbocycles. The number of benzene rings is 1. The van der Waals surface area contributed by atoms with Crippen molar-refractivity contribution in [3.05, 3.63) is 30.3 Å². The number of hydrogen-bond acceptors (Lipinski definition) is 4. The molecule has 0 aromatic heterocycles. The van der Waals surface area contributed by atoms with Crippen LogP contribution < -0.4 is 9.73 Å². The lowest BCUT2D eigenvalue weighted by Crippen LogP contribution is -2.47. The van der Waals surface area contributed by atoms with Gasteiger partial charge in [0.15, 0.2) is 0 Å². The van der Waals surface area contributed by atoms with Gasteiger partial charge in [-0.1, -0.05) is 39.0 Å². The Labute approximate surface area is 163 Å². The van der Waals surface area contributed by atoms with Crippen LogP contribution in [0.1, 0.15) is 53.4 Å². The minimum Gasteiger partial charge on any atom is -0.271 e. The maximum atomic E-state index is 12.5. The van der Waals surface area contributed by atoms with Crippen LogP contribution in [0.2, 0.25) is 0 Å². The monoisotopic (exact) mass is 393 g/mol. The molecule has 1 saturated carbocycles. The predicted molar refractivity (Wildman–Crippen MR) is 110 cm³/mol. The number of hydrogen-bond donors (Lipinski definition) is 1. The quantitative estimate of drug-likeness (QED) is 0.777. The number of hydrazone groups is 1. The number of carbonyl (C=O) groups is 1. The van der Waals surface area contributed by atoms with Gasteiger partial charge in [0.2, 0.25) is 10.0 Å². The summed E-state index contributed by atoms with van der Waals surface area (Å²) >= 11 is 0. The van der Waals surface area contributed by atoms with E-state index in [0.717, 1.165) is 42.0 Å². The number of carbonyl (C=O) groups excluding carboxylic acids is 1. The molecule has 0 unspecified atom stereocenters. The summed E-state index contributed by atoms with van der Waals surface area (Å²) in [7, 11) is -3.61. The Kier molecular flexibility index (Phi) is 6.68. The average molecular weight is 394 g/mol. The van der Waals surface area contributed by atoms with Crippen LogP contribution in [-0.2, 0) is 14.8 Å². The number of nitrogens with one attached hydrogen (secondary N) is 1. The van der Waals surface area contributed by atoms with Crippen molar-refractivity contribution in [2.75, 3.05) is 10.6 Å². The molecule has 1 N–H and O–H groups in total. The minimum absolute atomic E-state index is 0.287. The predicted octanol–water partition coefficient (Wildman–Crippen LogP) is 3.55. The SMILES string of the molecule is C[C@H](C(=O)NN=C1CCC(C(C)(C)C)CC1)N(c1ccccc1)S(C)(=O)=O. The molecule has 27 heavy (non-hydrogen) atoms. The minimum atomic E-state index is -3.61. The van der Waals surface area contributed by atoms with E-state index in [0.29, 0.717) is 11.6 Å². The fraction of sp³-hybridized carbons (Fsp3) is 0.600. The third kappa shape index (κ3) is 5.79. The van der Waals surface area contributed by atoms with Crippen molar-refractivity contribution in [3.63, 3.8) is 0 Å².